The SMILES string of the molecule is CC.CCSNCC(C)c1cccc(CCN)c1. The van der Waals surface area contributed by atoms with Crippen LogP contribution in [0.5, 0.6) is 0 Å². The molecule has 0 bridgehead atoms. The fraction of sp³-hybridized carbons (Fsp3) is 0.600. The van der Waals surface area contributed by atoms with Crippen LogP contribution in [-0.2, 0) is 6.42 Å². The molecule has 1 aromatic carbocycles. The van der Waals surface area contributed by atoms with Gasteiger partial charge in [0, 0.05) is 12.3 Å². The van der Waals surface area contributed by atoms with Gasteiger partial charge in [0.1, 0.15) is 0 Å². The van der Waals surface area contributed by atoms with Gasteiger partial charge in [-0.25, -0.2) is 0 Å². The molecular formula is C15H28N2S. The molecule has 0 heterocycles. The van der Waals surface area contributed by atoms with Crippen molar-refractivity contribution in [3.05, 3.63) is 35.4 Å². The lowest BCUT2D eigenvalue weighted by molar-refractivity contribution is 0.740. The zero-order chi connectivity index (χ0) is 13.8. The average Bonchev–Trinajstić information content (AvgIpc) is 2.42. The highest BCUT2D eigenvalue weighted by Gasteiger charge is 2.05. The average molecular weight is 268 g/mol. The van der Waals surface area contributed by atoms with Crippen molar-refractivity contribution in [3.63, 3.8) is 0 Å². The molecule has 0 saturated carbocycles. The van der Waals surface area contributed by atoms with Crippen LogP contribution in [-0.4, -0.2) is 18.8 Å². The molecule has 1 unspecified atom stereocenters. The van der Waals surface area contributed by atoms with Crippen molar-refractivity contribution in [2.45, 2.75) is 40.0 Å². The lowest BCUT2D eigenvalue weighted by Gasteiger charge is -2.13. The van der Waals surface area contributed by atoms with Crippen LogP contribution >= 0.6 is 11.9 Å². The third kappa shape index (κ3) is 7.04. The van der Waals surface area contributed by atoms with Gasteiger partial charge >= 0.3 is 0 Å². The Morgan fingerprint density at radius 1 is 1.33 bits per heavy atom. The molecule has 1 aromatic rings. The van der Waals surface area contributed by atoms with E-state index in [1.807, 2.05) is 13.8 Å². The summed E-state index contributed by atoms with van der Waals surface area (Å²) in [5, 5.41) is 0. The van der Waals surface area contributed by atoms with Crippen LogP contribution in [0.15, 0.2) is 24.3 Å². The molecule has 0 spiro atoms. The molecule has 104 valence electrons. The Balaban J connectivity index is 0.00000137. The second-order valence-electron chi connectivity index (χ2n) is 3.97. The molecule has 0 aliphatic rings. The monoisotopic (exact) mass is 268 g/mol. The van der Waals surface area contributed by atoms with Gasteiger partial charge in [-0.3, -0.25) is 4.72 Å². The smallest absolute Gasteiger partial charge is 0.0125 e. The molecule has 0 saturated heterocycles. The Hall–Kier alpha value is -0.510. The maximum atomic E-state index is 5.57. The van der Waals surface area contributed by atoms with Crippen LogP contribution in [0.1, 0.15) is 44.7 Å². The molecule has 0 amide bonds. The Bertz CT molecular complexity index is 302. The van der Waals surface area contributed by atoms with Crippen LogP contribution in [0.25, 0.3) is 0 Å². The number of hydrogen-bond donors (Lipinski definition) is 2. The highest BCUT2D eigenvalue weighted by Crippen LogP contribution is 2.16. The van der Waals surface area contributed by atoms with Gasteiger partial charge in [-0.1, -0.05) is 63.9 Å². The zero-order valence-electron chi connectivity index (χ0n) is 12.2. The van der Waals surface area contributed by atoms with Gasteiger partial charge < -0.3 is 5.73 Å². The molecule has 0 radical (unpaired) electrons. The highest BCUT2D eigenvalue weighted by molar-refractivity contribution is 7.97. The van der Waals surface area contributed by atoms with Gasteiger partial charge in [-0.2, -0.15) is 0 Å². The summed E-state index contributed by atoms with van der Waals surface area (Å²) in [6, 6.07) is 8.75. The Morgan fingerprint density at radius 2 is 2.06 bits per heavy atom. The van der Waals surface area contributed by atoms with Gasteiger partial charge in [0.15, 0.2) is 0 Å². The first kappa shape index (κ1) is 17.5. The number of benzene rings is 1. The van der Waals surface area contributed by atoms with E-state index >= 15 is 0 Å². The van der Waals surface area contributed by atoms with Crippen molar-refractivity contribution in [1.29, 1.82) is 0 Å². The first-order valence-corrected chi connectivity index (χ1v) is 7.90. The quantitative estimate of drug-likeness (QED) is 0.586. The third-order valence-electron chi connectivity index (χ3n) is 2.59. The van der Waals surface area contributed by atoms with Crippen molar-refractivity contribution in [2.75, 3.05) is 18.8 Å². The molecular weight excluding hydrogens is 240 g/mol. The van der Waals surface area contributed by atoms with Crippen molar-refractivity contribution in [3.8, 4) is 0 Å². The Labute approximate surface area is 117 Å². The van der Waals surface area contributed by atoms with E-state index in [1.54, 1.807) is 11.9 Å². The normalized spacial score (nSPS) is 11.6. The predicted molar refractivity (Wildman–Crippen MR) is 85.1 cm³/mol. The molecule has 2 nitrogen and oxygen atoms in total. The summed E-state index contributed by atoms with van der Waals surface area (Å²) in [6.45, 7) is 10.2. The molecule has 0 aromatic heterocycles. The van der Waals surface area contributed by atoms with E-state index in [0.717, 1.165) is 25.3 Å². The minimum absolute atomic E-state index is 0.553. The lowest BCUT2D eigenvalue weighted by Crippen LogP contribution is -2.13. The maximum absolute atomic E-state index is 5.57. The van der Waals surface area contributed by atoms with E-state index in [-0.39, 0.29) is 0 Å². The highest BCUT2D eigenvalue weighted by atomic mass is 32.2. The van der Waals surface area contributed by atoms with Gasteiger partial charge in [-0.15, -0.1) is 0 Å². The fourth-order valence-electron chi connectivity index (χ4n) is 1.63. The Kier molecular flexibility index (Phi) is 11.2. The van der Waals surface area contributed by atoms with Crippen LogP contribution < -0.4 is 10.5 Å². The van der Waals surface area contributed by atoms with Crippen LogP contribution in [0.2, 0.25) is 0 Å². The first-order valence-electron chi connectivity index (χ1n) is 6.91. The van der Waals surface area contributed by atoms with Crippen LogP contribution in [0.4, 0.5) is 0 Å². The third-order valence-corrected chi connectivity index (χ3v) is 3.25. The maximum Gasteiger partial charge on any atom is 0.0125 e. The Morgan fingerprint density at radius 3 is 2.67 bits per heavy atom. The summed E-state index contributed by atoms with van der Waals surface area (Å²) in [5.41, 5.74) is 8.31. The number of nitrogens with two attached hydrogens (primary N) is 1. The minimum atomic E-state index is 0.553. The molecule has 18 heavy (non-hydrogen) atoms. The summed E-state index contributed by atoms with van der Waals surface area (Å²) in [7, 11) is 0. The van der Waals surface area contributed by atoms with Crippen LogP contribution in [0.3, 0.4) is 0 Å². The van der Waals surface area contributed by atoms with E-state index in [0.29, 0.717) is 5.92 Å². The molecule has 3 N–H and O–H groups in total. The largest absolute Gasteiger partial charge is 0.330 e. The van der Waals surface area contributed by atoms with E-state index in [1.165, 1.54) is 11.1 Å². The van der Waals surface area contributed by atoms with Gasteiger partial charge in [0.25, 0.3) is 0 Å². The van der Waals surface area contributed by atoms with E-state index < -0.39 is 0 Å². The number of rotatable bonds is 7. The summed E-state index contributed by atoms with van der Waals surface area (Å²) in [6.07, 6.45) is 0.970. The standard InChI is InChI=1S/C13H22N2S.C2H6/c1-3-16-15-10-11(2)13-6-4-5-12(9-13)7-8-14;1-2/h4-6,9,11,15H,3,7-8,10,14H2,1-2H3;1-2H3. The predicted octanol–water partition coefficient (Wildman–Crippen LogP) is 3.58. The molecule has 1 atom stereocenters. The fourth-order valence-corrected chi connectivity index (χ4v) is 2.20. The van der Waals surface area contributed by atoms with Gasteiger partial charge in [0.05, 0.1) is 0 Å². The summed E-state index contributed by atoms with van der Waals surface area (Å²) in [4.78, 5) is 0. The first-order chi connectivity index (χ1) is 8.77. The van der Waals surface area contributed by atoms with Gasteiger partial charge in [-0.05, 0) is 30.0 Å². The van der Waals surface area contributed by atoms with Crippen molar-refractivity contribution >= 4 is 11.9 Å². The van der Waals surface area contributed by atoms with Gasteiger partial charge in [0.2, 0.25) is 0 Å². The van der Waals surface area contributed by atoms with E-state index in [2.05, 4.69) is 42.8 Å². The molecule has 3 heteroatoms. The van der Waals surface area contributed by atoms with Crippen molar-refractivity contribution in [1.82, 2.24) is 4.72 Å². The minimum Gasteiger partial charge on any atom is -0.330 e. The molecule has 1 rings (SSSR count). The lowest BCUT2D eigenvalue weighted by atomic mass is 9.98. The van der Waals surface area contributed by atoms with E-state index in [4.69, 9.17) is 5.73 Å². The number of nitrogens with one attached hydrogen (secondary N) is 1. The van der Waals surface area contributed by atoms with Crippen molar-refractivity contribution < 1.29 is 0 Å². The zero-order valence-corrected chi connectivity index (χ0v) is 13.0. The van der Waals surface area contributed by atoms with Crippen molar-refractivity contribution in [2.24, 2.45) is 5.73 Å². The summed E-state index contributed by atoms with van der Waals surface area (Å²) < 4.78 is 3.38. The summed E-state index contributed by atoms with van der Waals surface area (Å²) in [5.74, 6) is 1.66. The second-order valence-corrected chi connectivity index (χ2v) is 5.12. The molecule has 0 fully saturated rings. The summed E-state index contributed by atoms with van der Waals surface area (Å²) >= 11 is 1.78. The molecule has 0 aliphatic carbocycles. The van der Waals surface area contributed by atoms with E-state index in [9.17, 15) is 0 Å². The second kappa shape index (κ2) is 11.6. The molecule has 0 aliphatic heterocycles. The number of hydrogen-bond acceptors (Lipinski definition) is 3. The topological polar surface area (TPSA) is 38.0 Å². The van der Waals surface area contributed by atoms with Crippen LogP contribution in [0, 0.1) is 0 Å².